The highest BCUT2D eigenvalue weighted by molar-refractivity contribution is 5.97. The van der Waals surface area contributed by atoms with Crippen molar-refractivity contribution in [3.8, 4) is 22.3 Å². The van der Waals surface area contributed by atoms with Crippen LogP contribution < -0.4 is 4.90 Å². The molecule has 0 atom stereocenters. The summed E-state index contributed by atoms with van der Waals surface area (Å²) in [7, 11) is 0. The van der Waals surface area contributed by atoms with Gasteiger partial charge in [-0.15, -0.1) is 0 Å². The molecule has 6 aromatic carbocycles. The molecule has 4 fully saturated rings. The Bertz CT molecular complexity index is 2040. The summed E-state index contributed by atoms with van der Waals surface area (Å²) in [5.74, 6) is 3.39. The Hall–Kier alpha value is -4.62. The Kier molecular flexibility index (Phi) is 5.53. The Morgan fingerprint density at radius 2 is 1.09 bits per heavy atom. The van der Waals surface area contributed by atoms with E-state index in [1.54, 1.807) is 11.1 Å². The van der Waals surface area contributed by atoms with Gasteiger partial charge in [0.25, 0.3) is 0 Å². The maximum atomic E-state index is 2.53. The predicted molar refractivity (Wildman–Crippen MR) is 187 cm³/mol. The molecular formula is C44H37N. The maximum absolute atomic E-state index is 2.53. The highest BCUT2D eigenvalue weighted by Crippen LogP contribution is 2.70. The minimum Gasteiger partial charge on any atom is -0.310 e. The van der Waals surface area contributed by atoms with Crippen molar-refractivity contribution in [3.63, 3.8) is 0 Å². The Labute approximate surface area is 266 Å². The van der Waals surface area contributed by atoms with E-state index in [0.29, 0.717) is 0 Å². The SMILES string of the molecule is c1ccc(-c2ccc(N(c3ccc4ccccc4c3)c3cccc4c3-c3ccccc3C43C4CC5CC(C4)CC3C5)cc2)cc1. The van der Waals surface area contributed by atoms with Crippen LogP contribution in [0.3, 0.4) is 0 Å². The molecule has 0 saturated heterocycles. The average Bonchev–Trinajstić information content (AvgIpc) is 3.39. The van der Waals surface area contributed by atoms with Crippen molar-refractivity contribution >= 4 is 27.8 Å². The highest BCUT2D eigenvalue weighted by atomic mass is 15.1. The van der Waals surface area contributed by atoms with Crippen LogP contribution in [-0.2, 0) is 5.41 Å². The largest absolute Gasteiger partial charge is 0.310 e. The number of nitrogens with zero attached hydrogens (tertiary/aromatic N) is 1. The molecule has 0 unspecified atom stereocenters. The van der Waals surface area contributed by atoms with Gasteiger partial charge in [0.2, 0.25) is 0 Å². The molecule has 11 rings (SSSR count). The van der Waals surface area contributed by atoms with E-state index < -0.39 is 0 Å². The zero-order valence-corrected chi connectivity index (χ0v) is 25.6. The Morgan fingerprint density at radius 1 is 0.467 bits per heavy atom. The molecule has 1 heteroatoms. The van der Waals surface area contributed by atoms with Gasteiger partial charge in [-0.3, -0.25) is 0 Å². The summed E-state index contributed by atoms with van der Waals surface area (Å²) in [6.45, 7) is 0. The summed E-state index contributed by atoms with van der Waals surface area (Å²) in [4.78, 5) is 2.53. The van der Waals surface area contributed by atoms with Gasteiger partial charge in [-0.1, -0.05) is 109 Å². The van der Waals surface area contributed by atoms with Gasteiger partial charge in [0.05, 0.1) is 5.69 Å². The second-order valence-electron chi connectivity index (χ2n) is 14.2. The van der Waals surface area contributed by atoms with E-state index in [1.807, 2.05) is 0 Å². The van der Waals surface area contributed by atoms with E-state index in [1.165, 1.54) is 82.2 Å². The molecule has 1 spiro atoms. The molecule has 0 radical (unpaired) electrons. The van der Waals surface area contributed by atoms with Crippen LogP contribution in [0.5, 0.6) is 0 Å². The number of hydrogen-bond acceptors (Lipinski definition) is 1. The second kappa shape index (κ2) is 9.69. The van der Waals surface area contributed by atoms with Gasteiger partial charge in [-0.05, 0) is 125 Å². The van der Waals surface area contributed by atoms with Crippen molar-refractivity contribution in [1.82, 2.24) is 0 Å². The van der Waals surface area contributed by atoms with E-state index in [9.17, 15) is 0 Å². The van der Waals surface area contributed by atoms with Gasteiger partial charge in [0, 0.05) is 22.4 Å². The Balaban J connectivity index is 1.20. The molecule has 45 heavy (non-hydrogen) atoms. The molecule has 5 aliphatic rings. The lowest BCUT2D eigenvalue weighted by Crippen LogP contribution is -2.55. The second-order valence-corrected chi connectivity index (χ2v) is 14.2. The van der Waals surface area contributed by atoms with E-state index in [2.05, 4.69) is 144 Å². The smallest absolute Gasteiger partial charge is 0.0543 e. The fraction of sp³-hybridized carbons (Fsp3) is 0.227. The van der Waals surface area contributed by atoms with Crippen LogP contribution >= 0.6 is 0 Å². The van der Waals surface area contributed by atoms with Gasteiger partial charge < -0.3 is 4.90 Å². The standard InChI is InChI=1S/C44H37N/c1-2-9-31(10-3-1)33-17-20-37(21-18-33)45(38-22-19-32-11-4-5-12-34(32)28-38)42-16-8-15-41-43(42)39-13-6-7-14-40(39)44(41)35-24-29-23-30(26-35)27-36(44)25-29/h1-22,28-30,35-36H,23-27H2. The minimum absolute atomic E-state index is 0.154. The lowest BCUT2D eigenvalue weighted by atomic mass is 9.43. The Morgan fingerprint density at radius 3 is 1.87 bits per heavy atom. The molecule has 0 heterocycles. The zero-order chi connectivity index (χ0) is 29.5. The average molecular weight is 580 g/mol. The third-order valence-corrected chi connectivity index (χ3v) is 12.0. The molecule has 1 nitrogen and oxygen atoms in total. The summed E-state index contributed by atoms with van der Waals surface area (Å²) in [6.07, 6.45) is 7.09. The van der Waals surface area contributed by atoms with E-state index in [0.717, 1.165) is 23.7 Å². The van der Waals surface area contributed by atoms with Gasteiger partial charge >= 0.3 is 0 Å². The van der Waals surface area contributed by atoms with Crippen LogP contribution in [0.15, 0.2) is 140 Å². The molecule has 5 aliphatic carbocycles. The van der Waals surface area contributed by atoms with Crippen molar-refractivity contribution in [2.75, 3.05) is 4.90 Å². The first-order valence-corrected chi connectivity index (χ1v) is 16.9. The quantitative estimate of drug-likeness (QED) is 0.201. The maximum Gasteiger partial charge on any atom is 0.0543 e. The third kappa shape index (κ3) is 3.67. The lowest BCUT2D eigenvalue weighted by molar-refractivity contribution is -0.0399. The first-order chi connectivity index (χ1) is 22.3. The molecule has 0 aliphatic heterocycles. The van der Waals surface area contributed by atoms with Gasteiger partial charge in [0.15, 0.2) is 0 Å². The van der Waals surface area contributed by atoms with E-state index >= 15 is 0 Å². The molecule has 0 aromatic heterocycles. The highest BCUT2D eigenvalue weighted by Gasteiger charge is 2.61. The normalized spacial score (nSPS) is 25.4. The van der Waals surface area contributed by atoms with E-state index in [-0.39, 0.29) is 5.41 Å². The number of benzene rings is 6. The molecule has 6 aromatic rings. The van der Waals surface area contributed by atoms with Crippen molar-refractivity contribution in [1.29, 1.82) is 0 Å². The number of anilines is 3. The number of rotatable bonds is 4. The predicted octanol–water partition coefficient (Wildman–Crippen LogP) is 11.7. The third-order valence-electron chi connectivity index (χ3n) is 12.0. The molecular weight excluding hydrogens is 542 g/mol. The van der Waals surface area contributed by atoms with Crippen molar-refractivity contribution in [2.45, 2.75) is 37.5 Å². The molecule has 4 bridgehead atoms. The fourth-order valence-corrected chi connectivity index (χ4v) is 10.5. The van der Waals surface area contributed by atoms with Gasteiger partial charge in [-0.2, -0.15) is 0 Å². The summed E-state index contributed by atoms with van der Waals surface area (Å²) in [5, 5.41) is 2.54. The molecule has 0 amide bonds. The summed E-state index contributed by atoms with van der Waals surface area (Å²) >= 11 is 0. The molecule has 0 N–H and O–H groups in total. The van der Waals surface area contributed by atoms with Crippen LogP contribution in [-0.4, -0.2) is 0 Å². The van der Waals surface area contributed by atoms with Gasteiger partial charge in [0.1, 0.15) is 0 Å². The molecule has 4 saturated carbocycles. The number of hydrogen-bond donors (Lipinski definition) is 0. The monoisotopic (exact) mass is 579 g/mol. The van der Waals surface area contributed by atoms with Crippen LogP contribution in [0.25, 0.3) is 33.0 Å². The molecule has 218 valence electrons. The lowest BCUT2D eigenvalue weighted by Gasteiger charge is -2.61. The van der Waals surface area contributed by atoms with Crippen LogP contribution in [0.2, 0.25) is 0 Å². The number of fused-ring (bicyclic) bond motifs is 4. The van der Waals surface area contributed by atoms with Crippen LogP contribution in [0.1, 0.15) is 43.2 Å². The van der Waals surface area contributed by atoms with Crippen LogP contribution in [0.4, 0.5) is 17.1 Å². The minimum atomic E-state index is 0.154. The van der Waals surface area contributed by atoms with Gasteiger partial charge in [-0.25, -0.2) is 0 Å². The summed E-state index contributed by atoms with van der Waals surface area (Å²) in [6, 6.07) is 52.4. The fourth-order valence-electron chi connectivity index (χ4n) is 10.5. The van der Waals surface area contributed by atoms with Crippen molar-refractivity contribution < 1.29 is 0 Å². The van der Waals surface area contributed by atoms with Crippen molar-refractivity contribution in [3.05, 3.63) is 151 Å². The first-order valence-electron chi connectivity index (χ1n) is 16.9. The van der Waals surface area contributed by atoms with Crippen molar-refractivity contribution in [2.24, 2.45) is 23.7 Å². The van der Waals surface area contributed by atoms with Crippen LogP contribution in [0, 0.1) is 23.7 Å². The summed E-state index contributed by atoms with van der Waals surface area (Å²) < 4.78 is 0. The van der Waals surface area contributed by atoms with E-state index in [4.69, 9.17) is 0 Å². The first kappa shape index (κ1) is 25.7. The summed E-state index contributed by atoms with van der Waals surface area (Å²) in [5.41, 5.74) is 12.5. The topological polar surface area (TPSA) is 3.24 Å². The zero-order valence-electron chi connectivity index (χ0n) is 25.6.